The van der Waals surface area contributed by atoms with Gasteiger partial charge in [0.2, 0.25) is 12.2 Å². The van der Waals surface area contributed by atoms with Crippen LogP contribution in [0.3, 0.4) is 0 Å². The topological polar surface area (TPSA) is 87.0 Å². The third-order valence-corrected chi connectivity index (χ3v) is 3.04. The number of carbonyl (C=O) groups is 2. The molecule has 2 aromatic rings. The van der Waals surface area contributed by atoms with Gasteiger partial charge in [0.15, 0.2) is 0 Å². The van der Waals surface area contributed by atoms with Gasteiger partial charge in [0, 0.05) is 31.2 Å². The normalized spacial score (nSPS) is 10.7. The molecule has 0 saturated heterocycles. The van der Waals surface area contributed by atoms with E-state index in [1.54, 1.807) is 31.4 Å². The Morgan fingerprint density at radius 1 is 1.22 bits per heavy atom. The molecule has 23 heavy (non-hydrogen) atoms. The first kappa shape index (κ1) is 17.0. The largest absolute Gasteiger partial charge is 0.460 e. The van der Waals surface area contributed by atoms with Crippen LogP contribution in [-0.2, 0) is 19.0 Å². The summed E-state index contributed by atoms with van der Waals surface area (Å²) in [6.07, 6.45) is 1.19. The van der Waals surface area contributed by atoms with Crippen molar-refractivity contribution in [2.75, 3.05) is 38.9 Å². The quantitative estimate of drug-likeness (QED) is 0.410. The Balaban J connectivity index is 1.82. The molecule has 7 nitrogen and oxygen atoms in total. The Bertz CT molecular complexity index is 651. The van der Waals surface area contributed by atoms with Gasteiger partial charge in [0.1, 0.15) is 5.58 Å². The summed E-state index contributed by atoms with van der Waals surface area (Å²) < 4.78 is 20.7. The van der Waals surface area contributed by atoms with Crippen LogP contribution >= 0.6 is 0 Å². The Labute approximate surface area is 133 Å². The molecule has 0 unspecified atom stereocenters. The highest BCUT2D eigenvalue weighted by Crippen LogP contribution is 2.23. The van der Waals surface area contributed by atoms with Crippen molar-refractivity contribution in [2.24, 2.45) is 0 Å². The summed E-state index contributed by atoms with van der Waals surface area (Å²) in [7, 11) is 1.61. The molecule has 0 spiro atoms. The Morgan fingerprint density at radius 2 is 2.09 bits per heavy atom. The molecule has 0 aliphatic heterocycles. The molecule has 0 fully saturated rings. The fraction of sp³-hybridized carbons (Fsp3) is 0.375. The molecule has 0 radical (unpaired) electrons. The predicted octanol–water partition coefficient (Wildman–Crippen LogP) is 2.21. The molecular weight excluding hydrogens is 302 g/mol. The maximum Gasteiger partial charge on any atom is 0.374 e. The van der Waals surface area contributed by atoms with E-state index < -0.39 is 5.97 Å². The van der Waals surface area contributed by atoms with E-state index in [2.05, 4.69) is 5.32 Å². The van der Waals surface area contributed by atoms with Crippen molar-refractivity contribution in [3.05, 3.63) is 30.0 Å². The van der Waals surface area contributed by atoms with Crippen LogP contribution in [0.2, 0.25) is 0 Å². The summed E-state index contributed by atoms with van der Waals surface area (Å²) in [6.45, 7) is 1.81. The fourth-order valence-corrected chi connectivity index (χ4v) is 1.94. The number of rotatable bonds is 10. The number of furan rings is 1. The number of ether oxygens (including phenoxy) is 3. The standard InChI is InChI=1S/C16H19NO6/c1-20-7-8-21-5-2-6-22-16(19)15-10-12-9-13(17-11-18)3-4-14(12)23-15/h3-4,9-11H,2,5-8H2,1H3,(H,17,18). The number of esters is 1. The minimum absolute atomic E-state index is 0.128. The second-order valence-corrected chi connectivity index (χ2v) is 4.72. The number of amides is 1. The molecule has 0 aliphatic carbocycles. The molecule has 1 aromatic carbocycles. The average Bonchev–Trinajstić information content (AvgIpc) is 2.97. The first-order valence-corrected chi connectivity index (χ1v) is 7.22. The van der Waals surface area contributed by atoms with Gasteiger partial charge in [-0.1, -0.05) is 0 Å². The highest BCUT2D eigenvalue weighted by molar-refractivity contribution is 5.94. The van der Waals surface area contributed by atoms with Gasteiger partial charge >= 0.3 is 5.97 Å². The Kier molecular flexibility index (Phi) is 6.58. The zero-order chi connectivity index (χ0) is 16.5. The van der Waals surface area contributed by atoms with Gasteiger partial charge in [-0.15, -0.1) is 0 Å². The summed E-state index contributed by atoms with van der Waals surface area (Å²) in [6, 6.07) is 6.67. The van der Waals surface area contributed by atoms with Crippen molar-refractivity contribution in [1.29, 1.82) is 0 Å². The van der Waals surface area contributed by atoms with Crippen molar-refractivity contribution in [3.63, 3.8) is 0 Å². The number of carbonyl (C=O) groups excluding carboxylic acids is 2. The second-order valence-electron chi connectivity index (χ2n) is 4.72. The van der Waals surface area contributed by atoms with Crippen LogP contribution in [0.4, 0.5) is 5.69 Å². The molecule has 0 aliphatic rings. The van der Waals surface area contributed by atoms with Crippen molar-refractivity contribution >= 4 is 29.0 Å². The molecule has 2 rings (SSSR count). The number of benzene rings is 1. The number of nitrogens with one attached hydrogen (secondary N) is 1. The van der Waals surface area contributed by atoms with Crippen LogP contribution in [-0.4, -0.2) is 45.9 Å². The van der Waals surface area contributed by atoms with E-state index in [1.807, 2.05) is 0 Å². The third kappa shape index (κ3) is 5.08. The Morgan fingerprint density at radius 3 is 2.87 bits per heavy atom. The summed E-state index contributed by atoms with van der Waals surface area (Å²) in [5.41, 5.74) is 1.18. The molecular formula is C16H19NO6. The minimum Gasteiger partial charge on any atom is -0.460 e. The van der Waals surface area contributed by atoms with Crippen molar-refractivity contribution in [1.82, 2.24) is 0 Å². The fourth-order valence-electron chi connectivity index (χ4n) is 1.94. The van der Waals surface area contributed by atoms with Crippen molar-refractivity contribution < 1.29 is 28.2 Å². The van der Waals surface area contributed by atoms with E-state index in [9.17, 15) is 9.59 Å². The molecule has 1 heterocycles. The molecule has 124 valence electrons. The lowest BCUT2D eigenvalue weighted by atomic mass is 10.2. The highest BCUT2D eigenvalue weighted by Gasteiger charge is 2.13. The van der Waals surface area contributed by atoms with Crippen LogP contribution in [0.5, 0.6) is 0 Å². The molecule has 7 heteroatoms. The Hall–Kier alpha value is -2.38. The van der Waals surface area contributed by atoms with Gasteiger partial charge in [0.25, 0.3) is 0 Å². The summed E-state index contributed by atoms with van der Waals surface area (Å²) >= 11 is 0. The number of hydrogen-bond donors (Lipinski definition) is 1. The number of hydrogen-bond acceptors (Lipinski definition) is 6. The van der Waals surface area contributed by atoms with Crippen LogP contribution in [0.25, 0.3) is 11.0 Å². The lowest BCUT2D eigenvalue weighted by molar-refractivity contribution is -0.105. The maximum absolute atomic E-state index is 11.9. The van der Waals surface area contributed by atoms with Crippen LogP contribution in [0.1, 0.15) is 17.0 Å². The number of fused-ring (bicyclic) bond motifs is 1. The van der Waals surface area contributed by atoms with E-state index in [4.69, 9.17) is 18.6 Å². The predicted molar refractivity (Wildman–Crippen MR) is 83.5 cm³/mol. The van der Waals surface area contributed by atoms with Gasteiger partial charge in [0.05, 0.1) is 19.8 Å². The number of anilines is 1. The zero-order valence-electron chi connectivity index (χ0n) is 12.9. The van der Waals surface area contributed by atoms with Gasteiger partial charge in [-0.25, -0.2) is 4.79 Å². The lowest BCUT2D eigenvalue weighted by Crippen LogP contribution is -2.09. The smallest absolute Gasteiger partial charge is 0.374 e. The van der Waals surface area contributed by atoms with E-state index >= 15 is 0 Å². The number of methoxy groups -OCH3 is 1. The van der Waals surface area contributed by atoms with Crippen LogP contribution < -0.4 is 5.32 Å². The highest BCUT2D eigenvalue weighted by atomic mass is 16.5. The molecule has 1 N–H and O–H groups in total. The second kappa shape index (κ2) is 8.92. The summed E-state index contributed by atoms with van der Waals surface area (Å²) in [4.78, 5) is 22.3. The lowest BCUT2D eigenvalue weighted by Gasteiger charge is -2.04. The SMILES string of the molecule is COCCOCCCOC(=O)c1cc2cc(NC=O)ccc2o1. The summed E-state index contributed by atoms with van der Waals surface area (Å²) in [5.74, 6) is -0.397. The maximum atomic E-state index is 11.9. The van der Waals surface area contributed by atoms with E-state index in [0.29, 0.717) is 49.3 Å². The molecule has 0 bridgehead atoms. The van der Waals surface area contributed by atoms with E-state index in [0.717, 1.165) is 0 Å². The third-order valence-electron chi connectivity index (χ3n) is 3.04. The van der Waals surface area contributed by atoms with Crippen LogP contribution in [0.15, 0.2) is 28.7 Å². The first-order chi connectivity index (χ1) is 11.2. The van der Waals surface area contributed by atoms with Gasteiger partial charge in [-0.2, -0.15) is 0 Å². The minimum atomic E-state index is -0.525. The van der Waals surface area contributed by atoms with Crippen molar-refractivity contribution in [2.45, 2.75) is 6.42 Å². The summed E-state index contributed by atoms with van der Waals surface area (Å²) in [5, 5.41) is 3.25. The van der Waals surface area contributed by atoms with Crippen LogP contribution in [0, 0.1) is 0 Å². The molecule has 1 aromatic heterocycles. The first-order valence-electron chi connectivity index (χ1n) is 7.22. The van der Waals surface area contributed by atoms with E-state index in [-0.39, 0.29) is 12.4 Å². The van der Waals surface area contributed by atoms with Gasteiger partial charge in [-0.3, -0.25) is 4.79 Å². The van der Waals surface area contributed by atoms with Gasteiger partial charge < -0.3 is 23.9 Å². The van der Waals surface area contributed by atoms with E-state index in [1.165, 1.54) is 0 Å². The van der Waals surface area contributed by atoms with Gasteiger partial charge in [-0.05, 0) is 24.3 Å². The monoisotopic (exact) mass is 321 g/mol. The average molecular weight is 321 g/mol. The zero-order valence-corrected chi connectivity index (χ0v) is 12.9. The molecule has 0 atom stereocenters. The molecule has 1 amide bonds. The van der Waals surface area contributed by atoms with Crippen molar-refractivity contribution in [3.8, 4) is 0 Å². The molecule has 0 saturated carbocycles.